The van der Waals surface area contributed by atoms with Gasteiger partial charge in [-0.05, 0) is 23.8 Å². The summed E-state index contributed by atoms with van der Waals surface area (Å²) in [7, 11) is 0. The van der Waals surface area contributed by atoms with Gasteiger partial charge in [-0.25, -0.2) is 4.39 Å². The first-order chi connectivity index (χ1) is 13.0. The second-order valence-corrected chi connectivity index (χ2v) is 6.86. The van der Waals surface area contributed by atoms with E-state index in [4.69, 9.17) is 11.6 Å². The van der Waals surface area contributed by atoms with E-state index >= 15 is 0 Å². The molecule has 0 aliphatic carbocycles. The van der Waals surface area contributed by atoms with Crippen molar-refractivity contribution in [2.45, 2.75) is 6.54 Å². The predicted molar refractivity (Wildman–Crippen MR) is 102 cm³/mol. The van der Waals surface area contributed by atoms with E-state index in [-0.39, 0.29) is 16.8 Å². The molecule has 1 heterocycles. The molecule has 1 aliphatic rings. The van der Waals surface area contributed by atoms with Crippen LogP contribution in [0.15, 0.2) is 48.5 Å². The molecular weight excluding hydrogens is 369 g/mol. The smallest absolute Gasteiger partial charge is 0.255 e. The Morgan fingerprint density at radius 2 is 1.74 bits per heavy atom. The van der Waals surface area contributed by atoms with Crippen LogP contribution >= 0.6 is 11.6 Å². The van der Waals surface area contributed by atoms with Crippen molar-refractivity contribution in [1.82, 2.24) is 15.1 Å². The molecule has 0 bridgehead atoms. The molecule has 1 fully saturated rings. The van der Waals surface area contributed by atoms with Crippen LogP contribution in [-0.2, 0) is 11.3 Å². The molecule has 1 N–H and O–H groups in total. The highest BCUT2D eigenvalue weighted by Gasteiger charge is 2.24. The fourth-order valence-electron chi connectivity index (χ4n) is 3.00. The van der Waals surface area contributed by atoms with Crippen molar-refractivity contribution < 1.29 is 14.0 Å². The van der Waals surface area contributed by atoms with Crippen LogP contribution in [0.1, 0.15) is 15.9 Å². The third kappa shape index (κ3) is 5.28. The monoisotopic (exact) mass is 389 g/mol. The Hall–Kier alpha value is -2.44. The highest BCUT2D eigenvalue weighted by atomic mass is 35.5. The number of carbonyl (C=O) groups excluding carboxylic acids is 2. The second kappa shape index (κ2) is 8.97. The van der Waals surface area contributed by atoms with Crippen LogP contribution in [0.3, 0.4) is 0 Å². The Kier molecular flexibility index (Phi) is 6.42. The largest absolute Gasteiger partial charge is 0.351 e. The van der Waals surface area contributed by atoms with E-state index in [1.54, 1.807) is 4.90 Å². The Morgan fingerprint density at radius 1 is 1.04 bits per heavy atom. The number of hydrogen-bond donors (Lipinski definition) is 1. The average molecular weight is 390 g/mol. The second-order valence-electron chi connectivity index (χ2n) is 6.45. The van der Waals surface area contributed by atoms with Crippen LogP contribution < -0.4 is 5.32 Å². The first kappa shape index (κ1) is 19.3. The van der Waals surface area contributed by atoms with Gasteiger partial charge in [0.05, 0.1) is 17.1 Å². The summed E-state index contributed by atoms with van der Waals surface area (Å²) < 4.78 is 13.1. The van der Waals surface area contributed by atoms with Crippen LogP contribution in [-0.4, -0.2) is 54.3 Å². The summed E-state index contributed by atoms with van der Waals surface area (Å²) in [5.41, 5.74) is 1.35. The molecule has 142 valence electrons. The number of hydrogen-bond acceptors (Lipinski definition) is 3. The molecule has 7 heteroatoms. The van der Waals surface area contributed by atoms with Gasteiger partial charge in [0.1, 0.15) is 5.82 Å². The van der Waals surface area contributed by atoms with E-state index in [1.807, 2.05) is 35.2 Å². The fourth-order valence-corrected chi connectivity index (χ4v) is 3.25. The highest BCUT2D eigenvalue weighted by Crippen LogP contribution is 2.19. The number of carbonyl (C=O) groups is 2. The quantitative estimate of drug-likeness (QED) is 0.855. The lowest BCUT2D eigenvalue weighted by Gasteiger charge is -2.34. The van der Waals surface area contributed by atoms with Gasteiger partial charge < -0.3 is 10.2 Å². The molecule has 0 saturated carbocycles. The Balaban J connectivity index is 1.45. The molecular formula is C20H21ClFN3O2. The molecule has 0 unspecified atom stereocenters. The lowest BCUT2D eigenvalue weighted by atomic mass is 10.1. The van der Waals surface area contributed by atoms with Crippen molar-refractivity contribution >= 4 is 23.4 Å². The van der Waals surface area contributed by atoms with Crippen molar-refractivity contribution in [2.75, 3.05) is 32.7 Å². The molecule has 0 radical (unpaired) electrons. The SMILES string of the molecule is O=C(CN1CCN(C(=O)c2ccc(F)cc2Cl)CC1)NCc1ccccc1. The van der Waals surface area contributed by atoms with Crippen LogP contribution in [0, 0.1) is 5.82 Å². The minimum Gasteiger partial charge on any atom is -0.351 e. The van der Waals surface area contributed by atoms with Crippen LogP contribution in [0.25, 0.3) is 0 Å². The third-order valence-electron chi connectivity index (χ3n) is 4.52. The van der Waals surface area contributed by atoms with Crippen molar-refractivity contribution in [3.05, 3.63) is 70.5 Å². The van der Waals surface area contributed by atoms with Gasteiger partial charge in [0, 0.05) is 32.7 Å². The summed E-state index contributed by atoms with van der Waals surface area (Å²) in [6.45, 7) is 3.00. The molecule has 1 aliphatic heterocycles. The molecule has 1 saturated heterocycles. The molecule has 2 amide bonds. The Morgan fingerprint density at radius 3 is 2.41 bits per heavy atom. The number of nitrogens with one attached hydrogen (secondary N) is 1. The molecule has 5 nitrogen and oxygen atoms in total. The van der Waals surface area contributed by atoms with Gasteiger partial charge in [0.25, 0.3) is 5.91 Å². The van der Waals surface area contributed by atoms with E-state index in [2.05, 4.69) is 5.32 Å². The zero-order valence-corrected chi connectivity index (χ0v) is 15.6. The van der Waals surface area contributed by atoms with Gasteiger partial charge in [-0.2, -0.15) is 0 Å². The summed E-state index contributed by atoms with van der Waals surface area (Å²) in [6, 6.07) is 13.5. The molecule has 0 atom stereocenters. The zero-order chi connectivity index (χ0) is 19.2. The van der Waals surface area contributed by atoms with E-state index in [9.17, 15) is 14.0 Å². The van der Waals surface area contributed by atoms with Crippen LogP contribution in [0.4, 0.5) is 4.39 Å². The molecule has 2 aromatic carbocycles. The summed E-state index contributed by atoms with van der Waals surface area (Å²) in [5, 5.41) is 3.02. The minimum atomic E-state index is -0.470. The third-order valence-corrected chi connectivity index (χ3v) is 4.83. The first-order valence-electron chi connectivity index (χ1n) is 8.80. The maximum Gasteiger partial charge on any atom is 0.255 e. The fraction of sp³-hybridized carbons (Fsp3) is 0.300. The van der Waals surface area contributed by atoms with Gasteiger partial charge in [-0.1, -0.05) is 41.9 Å². The van der Waals surface area contributed by atoms with Gasteiger partial charge in [0.2, 0.25) is 5.91 Å². The van der Waals surface area contributed by atoms with Crippen LogP contribution in [0.2, 0.25) is 5.02 Å². The molecule has 2 aromatic rings. The van der Waals surface area contributed by atoms with Gasteiger partial charge in [-0.3, -0.25) is 14.5 Å². The zero-order valence-electron chi connectivity index (χ0n) is 14.8. The van der Waals surface area contributed by atoms with E-state index in [0.29, 0.717) is 44.8 Å². The molecule has 0 aromatic heterocycles. The molecule has 0 spiro atoms. The summed E-state index contributed by atoms with van der Waals surface area (Å²) in [6.07, 6.45) is 0. The number of halogens is 2. The standard InChI is InChI=1S/C20H21ClFN3O2/c21-18-12-16(22)6-7-17(18)20(27)25-10-8-24(9-11-25)14-19(26)23-13-15-4-2-1-3-5-15/h1-7,12H,8-11,13-14H2,(H,23,26). The number of piperazine rings is 1. The van der Waals surface area contributed by atoms with Crippen molar-refractivity contribution in [3.8, 4) is 0 Å². The average Bonchev–Trinajstić information content (AvgIpc) is 2.67. The maximum absolute atomic E-state index is 13.1. The minimum absolute atomic E-state index is 0.0415. The Bertz CT molecular complexity index is 808. The van der Waals surface area contributed by atoms with Crippen molar-refractivity contribution in [2.24, 2.45) is 0 Å². The topological polar surface area (TPSA) is 52.7 Å². The summed E-state index contributed by atoms with van der Waals surface area (Å²) in [4.78, 5) is 28.3. The molecule has 27 heavy (non-hydrogen) atoms. The lowest BCUT2D eigenvalue weighted by molar-refractivity contribution is -0.122. The highest BCUT2D eigenvalue weighted by molar-refractivity contribution is 6.33. The number of amides is 2. The normalized spacial score (nSPS) is 14.8. The maximum atomic E-state index is 13.1. The number of rotatable bonds is 5. The number of nitrogens with zero attached hydrogens (tertiary/aromatic N) is 2. The van der Waals surface area contributed by atoms with E-state index < -0.39 is 5.82 Å². The van der Waals surface area contributed by atoms with Crippen LogP contribution in [0.5, 0.6) is 0 Å². The van der Waals surface area contributed by atoms with Gasteiger partial charge in [0.15, 0.2) is 0 Å². The summed E-state index contributed by atoms with van der Waals surface area (Å²) >= 11 is 5.98. The van der Waals surface area contributed by atoms with Gasteiger partial charge in [-0.15, -0.1) is 0 Å². The predicted octanol–water partition coefficient (Wildman–Crippen LogP) is 2.55. The van der Waals surface area contributed by atoms with Crippen molar-refractivity contribution in [3.63, 3.8) is 0 Å². The van der Waals surface area contributed by atoms with Gasteiger partial charge >= 0.3 is 0 Å². The lowest BCUT2D eigenvalue weighted by Crippen LogP contribution is -2.51. The van der Waals surface area contributed by atoms with E-state index in [0.717, 1.165) is 11.6 Å². The Labute approximate surface area is 162 Å². The summed E-state index contributed by atoms with van der Waals surface area (Å²) in [5.74, 6) is -0.726. The first-order valence-corrected chi connectivity index (χ1v) is 9.18. The molecule has 3 rings (SSSR count). The number of benzene rings is 2. The van der Waals surface area contributed by atoms with E-state index in [1.165, 1.54) is 12.1 Å². The van der Waals surface area contributed by atoms with Crippen molar-refractivity contribution in [1.29, 1.82) is 0 Å².